The zero-order chi connectivity index (χ0) is 23.4. The van der Waals surface area contributed by atoms with Gasteiger partial charge in [0, 0.05) is 27.4 Å². The van der Waals surface area contributed by atoms with Crippen LogP contribution in [0.25, 0.3) is 0 Å². The van der Waals surface area contributed by atoms with Gasteiger partial charge in [0.15, 0.2) is 5.82 Å². The van der Waals surface area contributed by atoms with Crippen LogP contribution in [-0.2, 0) is 13.2 Å². The van der Waals surface area contributed by atoms with Crippen LogP contribution in [0, 0.1) is 6.92 Å². The Labute approximate surface area is 206 Å². The summed E-state index contributed by atoms with van der Waals surface area (Å²) in [6.45, 7) is 2.79. The maximum absolute atomic E-state index is 12.8. The Morgan fingerprint density at radius 2 is 1.70 bits per heavy atom. The summed E-state index contributed by atoms with van der Waals surface area (Å²) < 4.78 is 7.60. The highest BCUT2D eigenvalue weighted by atomic mass is 35.5. The molecule has 0 fully saturated rings. The minimum absolute atomic E-state index is 0.252. The Hall–Kier alpha value is -2.99. The third kappa shape index (κ3) is 6.08. The zero-order valence-corrected chi connectivity index (χ0v) is 20.0. The number of aryl methyl sites for hydroxylation is 1. The van der Waals surface area contributed by atoms with E-state index in [1.807, 2.05) is 54.1 Å². The summed E-state index contributed by atoms with van der Waals surface area (Å²) in [5, 5.41) is 9.03. The van der Waals surface area contributed by atoms with Crippen LogP contribution in [0.3, 0.4) is 0 Å². The minimum Gasteiger partial charge on any atom is -0.487 e. The number of hydrogen-bond donors (Lipinski definition) is 1. The summed E-state index contributed by atoms with van der Waals surface area (Å²) in [5.74, 6) is 0.760. The lowest BCUT2D eigenvalue weighted by atomic mass is 10.1. The summed E-state index contributed by atoms with van der Waals surface area (Å²) in [5.41, 5.74) is 3.33. The average Bonchev–Trinajstić information content (AvgIpc) is 3.13. The number of benzene rings is 3. The summed E-state index contributed by atoms with van der Waals surface area (Å²) in [4.78, 5) is 12.8. The molecule has 0 aliphatic heterocycles. The van der Waals surface area contributed by atoms with Crippen LogP contribution in [0.5, 0.6) is 5.75 Å². The molecular weight excluding hydrogens is 481 g/mol. The third-order valence-electron chi connectivity index (χ3n) is 4.95. The molecule has 0 unspecified atom stereocenters. The molecule has 1 N–H and O–H groups in total. The van der Waals surface area contributed by atoms with Gasteiger partial charge in [-0.25, -0.2) is 0 Å². The monoisotopic (exact) mass is 499 g/mol. The molecule has 0 radical (unpaired) electrons. The molecule has 3 aromatic carbocycles. The first-order valence-corrected chi connectivity index (χ1v) is 11.3. The van der Waals surface area contributed by atoms with Crippen molar-refractivity contribution in [2.75, 3.05) is 5.32 Å². The van der Waals surface area contributed by atoms with Gasteiger partial charge in [-0.2, -0.15) is 5.10 Å². The first kappa shape index (κ1) is 23.2. The van der Waals surface area contributed by atoms with Crippen LogP contribution >= 0.6 is 34.8 Å². The van der Waals surface area contributed by atoms with Gasteiger partial charge < -0.3 is 10.1 Å². The lowest BCUT2D eigenvalue weighted by molar-refractivity contribution is 0.102. The summed E-state index contributed by atoms with van der Waals surface area (Å²) in [6.07, 6.45) is 0. The molecule has 0 spiro atoms. The van der Waals surface area contributed by atoms with Crippen molar-refractivity contribution in [3.05, 3.63) is 110 Å². The van der Waals surface area contributed by atoms with E-state index in [0.29, 0.717) is 38.7 Å². The van der Waals surface area contributed by atoms with Crippen molar-refractivity contribution < 1.29 is 9.53 Å². The first-order chi connectivity index (χ1) is 15.9. The molecule has 1 aromatic heterocycles. The van der Waals surface area contributed by atoms with Gasteiger partial charge in [0.2, 0.25) is 0 Å². The van der Waals surface area contributed by atoms with Crippen molar-refractivity contribution in [3.8, 4) is 5.75 Å². The van der Waals surface area contributed by atoms with Crippen LogP contribution < -0.4 is 10.1 Å². The second kappa shape index (κ2) is 10.3. The molecule has 4 aromatic rings. The van der Waals surface area contributed by atoms with Gasteiger partial charge >= 0.3 is 0 Å². The quantitative estimate of drug-likeness (QED) is 0.296. The average molecular weight is 501 g/mol. The minimum atomic E-state index is -0.252. The van der Waals surface area contributed by atoms with E-state index in [0.717, 1.165) is 16.8 Å². The Kier molecular flexibility index (Phi) is 7.23. The van der Waals surface area contributed by atoms with Gasteiger partial charge in [-0.1, -0.05) is 59.1 Å². The number of hydrogen-bond acceptors (Lipinski definition) is 3. The Morgan fingerprint density at radius 1 is 0.939 bits per heavy atom. The van der Waals surface area contributed by atoms with E-state index in [4.69, 9.17) is 39.5 Å². The van der Waals surface area contributed by atoms with E-state index in [1.54, 1.807) is 30.3 Å². The van der Waals surface area contributed by atoms with Crippen LogP contribution in [-0.4, -0.2) is 15.7 Å². The largest absolute Gasteiger partial charge is 0.487 e. The molecule has 168 valence electrons. The standard InChI is InChI=1S/C25H20Cl3N3O2/c1-16-11-24(30-31(16)14-17-5-7-20(26)8-6-17)29-25(32)19-4-2-3-18(12-19)15-33-23-10-9-21(27)13-22(23)28/h2-13H,14-15H2,1H3,(H,29,30,32). The van der Waals surface area contributed by atoms with Gasteiger partial charge in [-0.3, -0.25) is 9.48 Å². The van der Waals surface area contributed by atoms with E-state index in [2.05, 4.69) is 10.4 Å². The Balaban J connectivity index is 1.41. The number of anilines is 1. The molecule has 4 rings (SSSR count). The van der Waals surface area contributed by atoms with E-state index in [9.17, 15) is 4.79 Å². The van der Waals surface area contributed by atoms with E-state index >= 15 is 0 Å². The fraction of sp³-hybridized carbons (Fsp3) is 0.120. The smallest absolute Gasteiger partial charge is 0.256 e. The molecule has 1 heterocycles. The number of ether oxygens (including phenoxy) is 1. The normalized spacial score (nSPS) is 10.8. The van der Waals surface area contributed by atoms with Gasteiger partial charge in [-0.15, -0.1) is 0 Å². The van der Waals surface area contributed by atoms with Gasteiger partial charge in [-0.05, 0) is 60.5 Å². The highest BCUT2D eigenvalue weighted by molar-refractivity contribution is 6.35. The summed E-state index contributed by atoms with van der Waals surface area (Å²) in [6, 6.07) is 21.7. The predicted molar refractivity (Wildman–Crippen MR) is 133 cm³/mol. The van der Waals surface area contributed by atoms with Gasteiger partial charge in [0.1, 0.15) is 12.4 Å². The first-order valence-electron chi connectivity index (χ1n) is 10.1. The van der Waals surface area contributed by atoms with Crippen molar-refractivity contribution in [3.63, 3.8) is 0 Å². The second-order valence-corrected chi connectivity index (χ2v) is 8.75. The number of rotatable bonds is 7. The summed E-state index contributed by atoms with van der Waals surface area (Å²) >= 11 is 18.0. The number of nitrogens with one attached hydrogen (secondary N) is 1. The van der Waals surface area contributed by atoms with Crippen LogP contribution in [0.1, 0.15) is 27.2 Å². The molecule has 0 bridgehead atoms. The second-order valence-electron chi connectivity index (χ2n) is 7.47. The Morgan fingerprint density at radius 3 is 2.45 bits per heavy atom. The van der Waals surface area contributed by atoms with Crippen molar-refractivity contribution in [1.82, 2.24) is 9.78 Å². The number of nitrogens with zero attached hydrogens (tertiary/aromatic N) is 2. The fourth-order valence-corrected chi connectivity index (χ4v) is 3.83. The van der Waals surface area contributed by atoms with Crippen LogP contribution in [0.15, 0.2) is 72.8 Å². The number of halogens is 3. The highest BCUT2D eigenvalue weighted by Crippen LogP contribution is 2.28. The van der Waals surface area contributed by atoms with Crippen molar-refractivity contribution >= 4 is 46.5 Å². The number of carbonyl (C=O) groups is 1. The summed E-state index contributed by atoms with van der Waals surface area (Å²) in [7, 11) is 0. The number of amides is 1. The number of carbonyl (C=O) groups excluding carboxylic acids is 1. The number of aromatic nitrogens is 2. The van der Waals surface area contributed by atoms with Crippen molar-refractivity contribution in [2.45, 2.75) is 20.1 Å². The molecule has 0 saturated carbocycles. The lowest BCUT2D eigenvalue weighted by Gasteiger charge is -2.09. The lowest BCUT2D eigenvalue weighted by Crippen LogP contribution is -2.13. The zero-order valence-electron chi connectivity index (χ0n) is 17.7. The molecule has 0 atom stereocenters. The molecule has 0 saturated heterocycles. The Bertz CT molecular complexity index is 1290. The molecule has 1 amide bonds. The molecule has 0 aliphatic rings. The SMILES string of the molecule is Cc1cc(NC(=O)c2cccc(COc3ccc(Cl)cc3Cl)c2)nn1Cc1ccc(Cl)cc1. The van der Waals surface area contributed by atoms with Crippen molar-refractivity contribution in [2.24, 2.45) is 0 Å². The predicted octanol–water partition coefficient (Wildman–Crippen LogP) is 7.03. The van der Waals surface area contributed by atoms with Gasteiger partial charge in [0.05, 0.1) is 11.6 Å². The molecule has 0 aliphatic carbocycles. The molecule has 8 heteroatoms. The van der Waals surface area contributed by atoms with E-state index < -0.39 is 0 Å². The van der Waals surface area contributed by atoms with E-state index in [1.165, 1.54) is 0 Å². The topological polar surface area (TPSA) is 56.1 Å². The maximum Gasteiger partial charge on any atom is 0.256 e. The van der Waals surface area contributed by atoms with Gasteiger partial charge in [0.25, 0.3) is 5.91 Å². The molecule has 5 nitrogen and oxygen atoms in total. The molecular formula is C25H20Cl3N3O2. The third-order valence-corrected chi connectivity index (χ3v) is 5.73. The van der Waals surface area contributed by atoms with E-state index in [-0.39, 0.29) is 12.5 Å². The van der Waals surface area contributed by atoms with Crippen molar-refractivity contribution in [1.29, 1.82) is 0 Å². The van der Waals surface area contributed by atoms with Crippen LogP contribution in [0.2, 0.25) is 15.1 Å². The molecule has 33 heavy (non-hydrogen) atoms. The maximum atomic E-state index is 12.8. The van der Waals surface area contributed by atoms with Crippen LogP contribution in [0.4, 0.5) is 5.82 Å². The fourth-order valence-electron chi connectivity index (χ4n) is 3.24. The highest BCUT2D eigenvalue weighted by Gasteiger charge is 2.12.